The summed E-state index contributed by atoms with van der Waals surface area (Å²) in [6, 6.07) is 0. The van der Waals surface area contributed by atoms with Crippen LogP contribution in [0.5, 0.6) is 0 Å². The van der Waals surface area contributed by atoms with Crippen LogP contribution < -0.4 is 5.73 Å². The van der Waals surface area contributed by atoms with Crippen LogP contribution in [0.3, 0.4) is 0 Å². The molecule has 3 heteroatoms. The Bertz CT molecular complexity index is 187. The zero-order chi connectivity index (χ0) is 9.90. The molecule has 0 aromatic heterocycles. The Morgan fingerprint density at radius 2 is 2.23 bits per heavy atom. The lowest BCUT2D eigenvalue weighted by Crippen LogP contribution is -2.29. The number of carbonyl (C=O) groups is 1. The predicted molar refractivity (Wildman–Crippen MR) is 51.4 cm³/mol. The molecule has 1 fully saturated rings. The van der Waals surface area contributed by atoms with Crippen LogP contribution in [0.15, 0.2) is 0 Å². The van der Waals surface area contributed by atoms with E-state index in [4.69, 9.17) is 10.8 Å². The first-order chi connectivity index (χ1) is 6.07. The molecule has 0 saturated heterocycles. The molecule has 76 valence electrons. The molecule has 0 bridgehead atoms. The lowest BCUT2D eigenvalue weighted by molar-refractivity contribution is -0.141. The van der Waals surface area contributed by atoms with Gasteiger partial charge < -0.3 is 10.8 Å². The Labute approximate surface area is 79.3 Å². The normalized spacial score (nSPS) is 22.0. The van der Waals surface area contributed by atoms with E-state index in [1.165, 1.54) is 19.3 Å². The van der Waals surface area contributed by atoms with Crippen LogP contribution in [0, 0.1) is 11.3 Å². The van der Waals surface area contributed by atoms with E-state index in [9.17, 15) is 4.79 Å². The van der Waals surface area contributed by atoms with Gasteiger partial charge in [0, 0.05) is 6.54 Å². The molecular weight excluding hydrogens is 166 g/mol. The third-order valence-corrected chi connectivity index (χ3v) is 3.29. The SMILES string of the molecule is CC1(CCC(CN)C(=O)O)CCC1. The van der Waals surface area contributed by atoms with E-state index in [1.54, 1.807) is 0 Å². The highest BCUT2D eigenvalue weighted by molar-refractivity contribution is 5.70. The summed E-state index contributed by atoms with van der Waals surface area (Å²) in [6.45, 7) is 2.51. The van der Waals surface area contributed by atoms with E-state index in [-0.39, 0.29) is 12.5 Å². The lowest BCUT2D eigenvalue weighted by atomic mass is 9.67. The van der Waals surface area contributed by atoms with Gasteiger partial charge in [-0.25, -0.2) is 0 Å². The van der Waals surface area contributed by atoms with Gasteiger partial charge in [-0.15, -0.1) is 0 Å². The van der Waals surface area contributed by atoms with Crippen molar-refractivity contribution >= 4 is 5.97 Å². The van der Waals surface area contributed by atoms with Crippen molar-refractivity contribution in [3.8, 4) is 0 Å². The maximum atomic E-state index is 10.7. The number of carboxylic acids is 1. The number of rotatable bonds is 5. The quantitative estimate of drug-likeness (QED) is 0.684. The molecule has 1 atom stereocenters. The summed E-state index contributed by atoms with van der Waals surface area (Å²) in [6.07, 6.45) is 5.56. The van der Waals surface area contributed by atoms with Gasteiger partial charge in [-0.05, 0) is 31.1 Å². The van der Waals surface area contributed by atoms with E-state index in [2.05, 4.69) is 6.92 Å². The molecule has 1 unspecified atom stereocenters. The summed E-state index contributed by atoms with van der Waals surface area (Å²) < 4.78 is 0. The van der Waals surface area contributed by atoms with E-state index < -0.39 is 5.97 Å². The van der Waals surface area contributed by atoms with Crippen molar-refractivity contribution in [3.63, 3.8) is 0 Å². The fourth-order valence-electron chi connectivity index (χ4n) is 1.90. The minimum Gasteiger partial charge on any atom is -0.481 e. The van der Waals surface area contributed by atoms with Crippen molar-refractivity contribution in [2.24, 2.45) is 17.1 Å². The van der Waals surface area contributed by atoms with E-state index in [0.717, 1.165) is 12.8 Å². The summed E-state index contributed by atoms with van der Waals surface area (Å²) in [7, 11) is 0. The molecule has 3 N–H and O–H groups in total. The summed E-state index contributed by atoms with van der Waals surface area (Å²) >= 11 is 0. The Hall–Kier alpha value is -0.570. The summed E-state index contributed by atoms with van der Waals surface area (Å²) in [5.41, 5.74) is 5.80. The zero-order valence-electron chi connectivity index (χ0n) is 8.25. The molecule has 0 heterocycles. The van der Waals surface area contributed by atoms with Gasteiger partial charge in [0.2, 0.25) is 0 Å². The standard InChI is InChI=1S/C10H19NO2/c1-10(4-2-5-10)6-3-8(7-11)9(12)13/h8H,2-7,11H2,1H3,(H,12,13). The zero-order valence-corrected chi connectivity index (χ0v) is 8.25. The second-order valence-corrected chi connectivity index (χ2v) is 4.47. The van der Waals surface area contributed by atoms with Crippen molar-refractivity contribution in [1.29, 1.82) is 0 Å². The highest BCUT2D eigenvalue weighted by Gasteiger charge is 2.32. The van der Waals surface area contributed by atoms with E-state index >= 15 is 0 Å². The largest absolute Gasteiger partial charge is 0.481 e. The number of hydrogen-bond acceptors (Lipinski definition) is 2. The smallest absolute Gasteiger partial charge is 0.307 e. The molecule has 1 rings (SSSR count). The lowest BCUT2D eigenvalue weighted by Gasteiger charge is -2.39. The molecule has 1 aliphatic rings. The van der Waals surface area contributed by atoms with Crippen molar-refractivity contribution in [2.75, 3.05) is 6.54 Å². The number of carboxylic acid groups (broad SMARTS) is 1. The molecule has 3 nitrogen and oxygen atoms in total. The second kappa shape index (κ2) is 4.09. The van der Waals surface area contributed by atoms with Crippen molar-refractivity contribution in [1.82, 2.24) is 0 Å². The van der Waals surface area contributed by atoms with Crippen LogP contribution in [0.2, 0.25) is 0 Å². The molecule has 0 aromatic carbocycles. The first-order valence-electron chi connectivity index (χ1n) is 5.00. The van der Waals surface area contributed by atoms with Crippen molar-refractivity contribution in [3.05, 3.63) is 0 Å². The third kappa shape index (κ3) is 2.69. The highest BCUT2D eigenvalue weighted by Crippen LogP contribution is 2.44. The van der Waals surface area contributed by atoms with Crippen molar-refractivity contribution in [2.45, 2.75) is 39.0 Å². The fraction of sp³-hybridized carbons (Fsp3) is 0.900. The average molecular weight is 185 g/mol. The van der Waals surface area contributed by atoms with E-state index in [0.29, 0.717) is 5.41 Å². The van der Waals surface area contributed by atoms with Gasteiger partial charge in [0.15, 0.2) is 0 Å². The first kappa shape index (κ1) is 10.5. The predicted octanol–water partition coefficient (Wildman–Crippen LogP) is 1.62. The van der Waals surface area contributed by atoms with Crippen LogP contribution in [-0.2, 0) is 4.79 Å². The van der Waals surface area contributed by atoms with Gasteiger partial charge in [-0.1, -0.05) is 13.3 Å². The number of hydrogen-bond donors (Lipinski definition) is 2. The molecule has 0 spiro atoms. The van der Waals surface area contributed by atoms with Crippen molar-refractivity contribution < 1.29 is 9.90 Å². The average Bonchev–Trinajstić information content (AvgIpc) is 2.02. The molecule has 0 amide bonds. The Morgan fingerprint density at radius 3 is 2.54 bits per heavy atom. The van der Waals surface area contributed by atoms with Gasteiger partial charge in [-0.2, -0.15) is 0 Å². The monoisotopic (exact) mass is 185 g/mol. The van der Waals surface area contributed by atoms with Gasteiger partial charge in [0.05, 0.1) is 5.92 Å². The Morgan fingerprint density at radius 1 is 1.62 bits per heavy atom. The third-order valence-electron chi connectivity index (χ3n) is 3.29. The summed E-state index contributed by atoms with van der Waals surface area (Å²) in [5.74, 6) is -1.08. The van der Waals surface area contributed by atoms with Gasteiger partial charge >= 0.3 is 5.97 Å². The number of nitrogens with two attached hydrogens (primary N) is 1. The van der Waals surface area contributed by atoms with Gasteiger partial charge in [-0.3, -0.25) is 4.79 Å². The second-order valence-electron chi connectivity index (χ2n) is 4.47. The maximum absolute atomic E-state index is 10.7. The van der Waals surface area contributed by atoms with Crippen LogP contribution in [-0.4, -0.2) is 17.6 Å². The van der Waals surface area contributed by atoms with Crippen LogP contribution in [0.1, 0.15) is 39.0 Å². The Balaban J connectivity index is 2.27. The topological polar surface area (TPSA) is 63.3 Å². The highest BCUT2D eigenvalue weighted by atomic mass is 16.4. The maximum Gasteiger partial charge on any atom is 0.307 e. The fourth-order valence-corrected chi connectivity index (χ4v) is 1.90. The molecule has 1 aliphatic carbocycles. The number of aliphatic carboxylic acids is 1. The molecule has 0 aliphatic heterocycles. The van der Waals surface area contributed by atoms with Crippen LogP contribution >= 0.6 is 0 Å². The molecule has 1 saturated carbocycles. The molecule has 0 radical (unpaired) electrons. The van der Waals surface area contributed by atoms with Gasteiger partial charge in [0.1, 0.15) is 0 Å². The molecule has 0 aromatic rings. The van der Waals surface area contributed by atoms with Gasteiger partial charge in [0.25, 0.3) is 0 Å². The summed E-state index contributed by atoms with van der Waals surface area (Å²) in [5, 5.41) is 8.78. The molecule has 13 heavy (non-hydrogen) atoms. The van der Waals surface area contributed by atoms with Crippen LogP contribution in [0.4, 0.5) is 0 Å². The minimum atomic E-state index is -0.745. The summed E-state index contributed by atoms with van der Waals surface area (Å²) in [4.78, 5) is 10.7. The van der Waals surface area contributed by atoms with Crippen LogP contribution in [0.25, 0.3) is 0 Å². The first-order valence-corrected chi connectivity index (χ1v) is 5.00. The Kier molecular flexibility index (Phi) is 3.31. The molecular formula is C10H19NO2. The van der Waals surface area contributed by atoms with E-state index in [1.807, 2.05) is 0 Å². The minimum absolute atomic E-state index is 0.269.